The molecule has 96 valence electrons. The van der Waals surface area contributed by atoms with Crippen LogP contribution >= 0.6 is 11.8 Å². The number of ketones is 1. The number of Topliss-reactive ketones (excluding diaryl/α,β-unsaturated/α-hetero) is 1. The number of nitrogen functional groups attached to an aromatic ring is 1. The van der Waals surface area contributed by atoms with Gasteiger partial charge in [-0.05, 0) is 24.3 Å². The van der Waals surface area contributed by atoms with E-state index in [1.54, 1.807) is 30.1 Å². The van der Waals surface area contributed by atoms with Gasteiger partial charge in [0.1, 0.15) is 11.6 Å². The zero-order chi connectivity index (χ0) is 13.2. The Labute approximate surface area is 115 Å². The van der Waals surface area contributed by atoms with E-state index >= 15 is 0 Å². The maximum absolute atomic E-state index is 12.4. The van der Waals surface area contributed by atoms with Gasteiger partial charge in [-0.15, -0.1) is 11.8 Å². The topological polar surface area (TPSA) is 65.2 Å². The zero-order valence-electron chi connectivity index (χ0n) is 10.1. The van der Waals surface area contributed by atoms with Crippen molar-refractivity contribution in [2.75, 3.05) is 11.5 Å². The van der Waals surface area contributed by atoms with Gasteiger partial charge in [0.15, 0.2) is 6.10 Å². The molecule has 4 nitrogen and oxygen atoms in total. The number of rotatable bonds is 2. The molecule has 2 N–H and O–H groups in total. The van der Waals surface area contributed by atoms with Gasteiger partial charge in [-0.1, -0.05) is 12.1 Å². The van der Waals surface area contributed by atoms with E-state index in [-0.39, 0.29) is 11.6 Å². The third-order valence-electron chi connectivity index (χ3n) is 2.91. The fourth-order valence-corrected chi connectivity index (χ4v) is 2.93. The molecule has 0 amide bonds. The highest BCUT2D eigenvalue weighted by Gasteiger charge is 2.28. The summed E-state index contributed by atoms with van der Waals surface area (Å²) in [7, 11) is 0. The third kappa shape index (κ3) is 2.29. The number of aromatic nitrogens is 1. The molecule has 2 heterocycles. The summed E-state index contributed by atoms with van der Waals surface area (Å²) >= 11 is 1.62. The number of pyridine rings is 1. The van der Waals surface area contributed by atoms with Gasteiger partial charge in [0.25, 0.3) is 0 Å². The van der Waals surface area contributed by atoms with Gasteiger partial charge in [0.2, 0.25) is 5.78 Å². The van der Waals surface area contributed by atoms with Gasteiger partial charge in [-0.25, -0.2) is 4.98 Å². The molecule has 0 spiro atoms. The Morgan fingerprint density at radius 2 is 2.16 bits per heavy atom. The van der Waals surface area contributed by atoms with E-state index in [0.717, 1.165) is 10.6 Å². The smallest absolute Gasteiger partial charge is 0.207 e. The highest BCUT2D eigenvalue weighted by Crippen LogP contribution is 2.35. The summed E-state index contributed by atoms with van der Waals surface area (Å²) in [6.45, 7) is 0. The van der Waals surface area contributed by atoms with Crippen molar-refractivity contribution < 1.29 is 9.53 Å². The lowest BCUT2D eigenvalue weighted by atomic mass is 10.1. The molecule has 1 aromatic carbocycles. The molecule has 1 aliphatic rings. The monoisotopic (exact) mass is 272 g/mol. The average molecular weight is 272 g/mol. The molecule has 1 atom stereocenters. The number of carbonyl (C=O) groups is 1. The number of para-hydroxylation sites is 1. The quantitative estimate of drug-likeness (QED) is 0.850. The number of nitrogens with zero attached hydrogens (tertiary/aromatic N) is 1. The minimum atomic E-state index is -0.508. The van der Waals surface area contributed by atoms with Crippen LogP contribution in [0.3, 0.4) is 0 Å². The number of thioether (sulfide) groups is 1. The van der Waals surface area contributed by atoms with Crippen LogP contribution in [-0.4, -0.2) is 22.6 Å². The highest BCUT2D eigenvalue weighted by atomic mass is 32.2. The van der Waals surface area contributed by atoms with Crippen molar-refractivity contribution in [3.8, 4) is 5.75 Å². The summed E-state index contributed by atoms with van der Waals surface area (Å²) < 4.78 is 5.75. The van der Waals surface area contributed by atoms with Crippen LogP contribution in [0.1, 0.15) is 10.4 Å². The van der Waals surface area contributed by atoms with Crippen LogP contribution in [0.25, 0.3) is 0 Å². The van der Waals surface area contributed by atoms with E-state index < -0.39 is 6.10 Å². The number of hydrogen-bond donors (Lipinski definition) is 1. The van der Waals surface area contributed by atoms with Gasteiger partial charge >= 0.3 is 0 Å². The van der Waals surface area contributed by atoms with E-state index in [9.17, 15) is 4.79 Å². The maximum atomic E-state index is 12.4. The van der Waals surface area contributed by atoms with Gasteiger partial charge in [0, 0.05) is 16.8 Å². The lowest BCUT2D eigenvalue weighted by Crippen LogP contribution is -2.32. The van der Waals surface area contributed by atoms with Crippen molar-refractivity contribution in [2.24, 2.45) is 0 Å². The molecule has 1 aromatic heterocycles. The molecule has 0 saturated carbocycles. The minimum Gasteiger partial charge on any atom is -0.480 e. The van der Waals surface area contributed by atoms with E-state index in [4.69, 9.17) is 10.5 Å². The number of fused-ring (bicyclic) bond motifs is 1. The summed E-state index contributed by atoms with van der Waals surface area (Å²) in [4.78, 5) is 17.4. The van der Waals surface area contributed by atoms with Gasteiger partial charge in [-0.2, -0.15) is 0 Å². The number of carbonyl (C=O) groups excluding carboxylic acids is 1. The fraction of sp³-hybridized carbons (Fsp3) is 0.143. The van der Waals surface area contributed by atoms with Crippen molar-refractivity contribution in [1.29, 1.82) is 0 Å². The molecule has 5 heteroatoms. The molecule has 1 unspecified atom stereocenters. The molecular formula is C14H12N2O2S. The van der Waals surface area contributed by atoms with Crippen molar-refractivity contribution in [3.63, 3.8) is 0 Å². The highest BCUT2D eigenvalue weighted by molar-refractivity contribution is 7.99. The first-order valence-electron chi connectivity index (χ1n) is 5.89. The molecular weight excluding hydrogens is 260 g/mol. The van der Waals surface area contributed by atoms with Gasteiger partial charge in [0.05, 0.1) is 5.56 Å². The van der Waals surface area contributed by atoms with Crippen LogP contribution in [0.2, 0.25) is 0 Å². The van der Waals surface area contributed by atoms with Crippen LogP contribution in [0.4, 0.5) is 5.82 Å². The molecule has 0 radical (unpaired) electrons. The largest absolute Gasteiger partial charge is 0.480 e. The molecule has 0 bridgehead atoms. The third-order valence-corrected chi connectivity index (χ3v) is 4.02. The lowest BCUT2D eigenvalue weighted by molar-refractivity contribution is 0.0816. The fourth-order valence-electron chi connectivity index (χ4n) is 1.95. The second-order valence-corrected chi connectivity index (χ2v) is 5.23. The Kier molecular flexibility index (Phi) is 3.13. The molecule has 2 aromatic rings. The van der Waals surface area contributed by atoms with Crippen molar-refractivity contribution in [1.82, 2.24) is 4.98 Å². The van der Waals surface area contributed by atoms with Gasteiger partial charge in [-0.3, -0.25) is 4.79 Å². The van der Waals surface area contributed by atoms with Crippen LogP contribution in [-0.2, 0) is 0 Å². The van der Waals surface area contributed by atoms with E-state index in [1.165, 1.54) is 0 Å². The summed E-state index contributed by atoms with van der Waals surface area (Å²) in [5.41, 5.74) is 6.15. The van der Waals surface area contributed by atoms with Crippen LogP contribution in [0.15, 0.2) is 47.5 Å². The van der Waals surface area contributed by atoms with Gasteiger partial charge < -0.3 is 10.5 Å². The lowest BCUT2D eigenvalue weighted by Gasteiger charge is -2.24. The van der Waals surface area contributed by atoms with Crippen LogP contribution in [0.5, 0.6) is 5.75 Å². The first kappa shape index (κ1) is 12.0. The maximum Gasteiger partial charge on any atom is 0.207 e. The zero-order valence-corrected chi connectivity index (χ0v) is 10.9. The van der Waals surface area contributed by atoms with E-state index in [2.05, 4.69) is 4.98 Å². The number of nitrogens with two attached hydrogens (primary N) is 1. The molecule has 0 saturated heterocycles. The molecule has 0 aliphatic carbocycles. The van der Waals surface area contributed by atoms with Crippen molar-refractivity contribution in [2.45, 2.75) is 11.0 Å². The summed E-state index contributed by atoms with van der Waals surface area (Å²) in [6, 6.07) is 11.1. The predicted molar refractivity (Wildman–Crippen MR) is 74.6 cm³/mol. The Bertz CT molecular complexity index is 630. The summed E-state index contributed by atoms with van der Waals surface area (Å²) in [5, 5.41) is 0. The molecule has 1 aliphatic heterocycles. The number of anilines is 1. The SMILES string of the molecule is Nc1ncccc1C(=O)C1CSc2ccccc2O1. The Balaban J connectivity index is 1.86. The number of benzene rings is 1. The van der Waals surface area contributed by atoms with E-state index in [0.29, 0.717) is 11.3 Å². The minimum absolute atomic E-state index is 0.118. The van der Waals surface area contributed by atoms with Crippen molar-refractivity contribution in [3.05, 3.63) is 48.2 Å². The predicted octanol–water partition coefficient (Wildman–Crippen LogP) is 2.40. The molecule has 0 fully saturated rings. The Morgan fingerprint density at radius 3 is 3.00 bits per heavy atom. The second kappa shape index (κ2) is 4.93. The average Bonchev–Trinajstić information content (AvgIpc) is 2.46. The Hall–Kier alpha value is -2.01. The number of hydrogen-bond acceptors (Lipinski definition) is 5. The first-order valence-corrected chi connectivity index (χ1v) is 6.87. The van der Waals surface area contributed by atoms with E-state index in [1.807, 2.05) is 24.3 Å². The summed E-state index contributed by atoms with van der Waals surface area (Å²) in [6.07, 6.45) is 1.06. The second-order valence-electron chi connectivity index (χ2n) is 4.16. The van der Waals surface area contributed by atoms with Crippen LogP contribution < -0.4 is 10.5 Å². The normalized spacial score (nSPS) is 17.4. The Morgan fingerprint density at radius 1 is 1.32 bits per heavy atom. The van der Waals surface area contributed by atoms with Crippen LogP contribution in [0, 0.1) is 0 Å². The summed E-state index contributed by atoms with van der Waals surface area (Å²) in [5.74, 6) is 1.47. The molecule has 19 heavy (non-hydrogen) atoms. The number of ether oxygens (including phenoxy) is 1. The standard InChI is InChI=1S/C14H12N2O2S/c15-14-9(4-3-7-16-14)13(17)11-8-19-12-6-2-1-5-10(12)18-11/h1-7,11H,8H2,(H2,15,16). The first-order chi connectivity index (χ1) is 9.25. The van der Waals surface area contributed by atoms with Crippen molar-refractivity contribution >= 4 is 23.4 Å². The molecule has 3 rings (SSSR count).